The van der Waals surface area contributed by atoms with E-state index in [0.29, 0.717) is 5.41 Å². The van der Waals surface area contributed by atoms with E-state index in [4.69, 9.17) is 0 Å². The molecule has 0 aromatic heterocycles. The molecule has 0 saturated carbocycles. The maximum Gasteiger partial charge on any atom is -0.00626 e. The van der Waals surface area contributed by atoms with Crippen molar-refractivity contribution in [1.29, 1.82) is 0 Å². The van der Waals surface area contributed by atoms with Crippen molar-refractivity contribution < 1.29 is 0 Å². The highest BCUT2D eigenvalue weighted by Crippen LogP contribution is 2.27. The zero-order chi connectivity index (χ0) is 8.74. The van der Waals surface area contributed by atoms with Crippen molar-refractivity contribution in [3.63, 3.8) is 0 Å². The Kier molecular flexibility index (Phi) is 6.12. The molecule has 0 rings (SSSR count). The molecule has 0 fully saturated rings. The van der Waals surface area contributed by atoms with Crippen LogP contribution in [0.4, 0.5) is 0 Å². The highest BCUT2D eigenvalue weighted by Gasteiger charge is 2.15. The predicted octanol–water partition coefficient (Wildman–Crippen LogP) is 3.96. The van der Waals surface area contributed by atoms with Crippen LogP contribution in [0.2, 0.25) is 0 Å². The maximum absolute atomic E-state index is 2.38. The summed E-state index contributed by atoms with van der Waals surface area (Å²) in [6, 6.07) is 0. The van der Waals surface area contributed by atoms with E-state index in [1.54, 1.807) is 0 Å². The smallest absolute Gasteiger partial charge is 0.00626 e. The molecule has 0 spiro atoms. The lowest BCUT2D eigenvalue weighted by molar-refractivity contribution is 0.321. The van der Waals surface area contributed by atoms with Gasteiger partial charge in [0.05, 0.1) is 0 Å². The highest BCUT2D eigenvalue weighted by molar-refractivity contribution is 7.99. The van der Waals surface area contributed by atoms with Crippen LogP contribution in [0.25, 0.3) is 0 Å². The minimum atomic E-state index is 0.580. The number of rotatable bonds is 6. The molecule has 0 amide bonds. The van der Waals surface area contributed by atoms with Crippen molar-refractivity contribution in [2.75, 3.05) is 11.5 Å². The molecule has 0 aromatic carbocycles. The summed E-state index contributed by atoms with van der Waals surface area (Å²) in [6.45, 7) is 9.27. The minimum absolute atomic E-state index is 0.580. The van der Waals surface area contributed by atoms with Gasteiger partial charge in [-0.3, -0.25) is 0 Å². The normalized spacial score (nSPS) is 12.0. The topological polar surface area (TPSA) is 0 Å². The Morgan fingerprint density at radius 1 is 1.09 bits per heavy atom. The molecule has 0 heterocycles. The molecule has 0 bridgehead atoms. The van der Waals surface area contributed by atoms with Crippen molar-refractivity contribution in [3.8, 4) is 0 Å². The van der Waals surface area contributed by atoms with Gasteiger partial charge in [-0.1, -0.05) is 34.1 Å². The lowest BCUT2D eigenvalue weighted by atomic mass is 9.85. The summed E-state index contributed by atoms with van der Waals surface area (Å²) >= 11 is 2.06. The molecule has 0 saturated heterocycles. The van der Waals surface area contributed by atoms with E-state index in [9.17, 15) is 0 Å². The molecular weight excluding hydrogens is 152 g/mol. The third-order valence-corrected chi connectivity index (χ3v) is 2.96. The number of hydrogen-bond acceptors (Lipinski definition) is 1. The molecule has 0 aliphatic heterocycles. The molecular formula is C10H22S. The molecule has 0 nitrogen and oxygen atoms in total. The van der Waals surface area contributed by atoms with E-state index in [1.807, 2.05) is 0 Å². The van der Waals surface area contributed by atoms with Crippen molar-refractivity contribution in [3.05, 3.63) is 0 Å². The summed E-state index contributed by atoms with van der Waals surface area (Å²) in [5, 5.41) is 0. The van der Waals surface area contributed by atoms with Gasteiger partial charge in [0.1, 0.15) is 0 Å². The monoisotopic (exact) mass is 174 g/mol. The Bertz CT molecular complexity index is 86.9. The Morgan fingerprint density at radius 3 is 2.18 bits per heavy atom. The van der Waals surface area contributed by atoms with Gasteiger partial charge in [0.25, 0.3) is 0 Å². The summed E-state index contributed by atoms with van der Waals surface area (Å²) < 4.78 is 0. The first-order valence-corrected chi connectivity index (χ1v) is 5.85. The number of hydrogen-bond donors (Lipinski definition) is 0. The zero-order valence-corrected chi connectivity index (χ0v) is 9.26. The van der Waals surface area contributed by atoms with E-state index in [-0.39, 0.29) is 0 Å². The molecule has 0 aliphatic rings. The zero-order valence-electron chi connectivity index (χ0n) is 8.44. The first kappa shape index (κ1) is 11.4. The summed E-state index contributed by atoms with van der Waals surface area (Å²) in [5.74, 6) is 2.60. The van der Waals surface area contributed by atoms with Crippen molar-refractivity contribution in [2.45, 2.75) is 47.0 Å². The van der Waals surface area contributed by atoms with Gasteiger partial charge in [-0.05, 0) is 29.8 Å². The SMILES string of the molecule is CCCC(C)(C)CCSCC. The van der Waals surface area contributed by atoms with Gasteiger partial charge in [-0.15, -0.1) is 0 Å². The molecule has 11 heavy (non-hydrogen) atoms. The minimum Gasteiger partial charge on any atom is -0.162 e. The van der Waals surface area contributed by atoms with Crippen LogP contribution in [0.3, 0.4) is 0 Å². The average Bonchev–Trinajstić information content (AvgIpc) is 1.87. The van der Waals surface area contributed by atoms with E-state index >= 15 is 0 Å². The van der Waals surface area contributed by atoms with Gasteiger partial charge in [0, 0.05) is 0 Å². The molecule has 0 atom stereocenters. The maximum atomic E-state index is 2.38. The number of thioether (sulfide) groups is 1. The second-order valence-electron chi connectivity index (χ2n) is 3.86. The Morgan fingerprint density at radius 2 is 1.73 bits per heavy atom. The van der Waals surface area contributed by atoms with Crippen LogP contribution in [0.15, 0.2) is 0 Å². The van der Waals surface area contributed by atoms with Crippen molar-refractivity contribution >= 4 is 11.8 Å². The largest absolute Gasteiger partial charge is 0.162 e. The van der Waals surface area contributed by atoms with Crippen LogP contribution < -0.4 is 0 Å². The van der Waals surface area contributed by atoms with Crippen LogP contribution in [-0.4, -0.2) is 11.5 Å². The molecule has 0 radical (unpaired) electrons. The fraction of sp³-hybridized carbons (Fsp3) is 1.00. The summed E-state index contributed by atoms with van der Waals surface area (Å²) in [5.41, 5.74) is 0.580. The second-order valence-corrected chi connectivity index (χ2v) is 5.25. The molecule has 0 unspecified atom stereocenters. The van der Waals surface area contributed by atoms with Crippen molar-refractivity contribution in [1.82, 2.24) is 0 Å². The second kappa shape index (κ2) is 5.93. The summed E-state index contributed by atoms with van der Waals surface area (Å²) in [6.07, 6.45) is 4.07. The average molecular weight is 174 g/mol. The fourth-order valence-electron chi connectivity index (χ4n) is 1.29. The summed E-state index contributed by atoms with van der Waals surface area (Å²) in [7, 11) is 0. The molecule has 0 aliphatic carbocycles. The molecule has 1 heteroatoms. The van der Waals surface area contributed by atoms with Crippen LogP contribution in [-0.2, 0) is 0 Å². The fourth-order valence-corrected chi connectivity index (χ4v) is 2.28. The Labute approximate surface area is 76.1 Å². The van der Waals surface area contributed by atoms with Crippen LogP contribution in [0.1, 0.15) is 47.0 Å². The third kappa shape index (κ3) is 6.74. The molecule has 0 N–H and O–H groups in total. The molecule has 68 valence electrons. The van der Waals surface area contributed by atoms with Gasteiger partial charge in [-0.25, -0.2) is 0 Å². The standard InChI is InChI=1S/C10H22S/c1-5-7-10(3,4)8-9-11-6-2/h5-9H2,1-4H3. The van der Waals surface area contributed by atoms with Gasteiger partial charge in [-0.2, -0.15) is 11.8 Å². The van der Waals surface area contributed by atoms with E-state index in [1.165, 1.54) is 30.8 Å². The van der Waals surface area contributed by atoms with E-state index in [2.05, 4.69) is 39.5 Å². The Hall–Kier alpha value is 0.350. The van der Waals surface area contributed by atoms with Crippen LogP contribution in [0.5, 0.6) is 0 Å². The Balaban J connectivity index is 3.38. The first-order chi connectivity index (χ1) is 5.12. The van der Waals surface area contributed by atoms with E-state index in [0.717, 1.165) is 0 Å². The predicted molar refractivity (Wildman–Crippen MR) is 56.3 cm³/mol. The third-order valence-electron chi connectivity index (χ3n) is 2.05. The lowest BCUT2D eigenvalue weighted by Gasteiger charge is -2.23. The lowest BCUT2D eigenvalue weighted by Crippen LogP contribution is -2.11. The highest BCUT2D eigenvalue weighted by atomic mass is 32.2. The van der Waals surface area contributed by atoms with Gasteiger partial charge < -0.3 is 0 Å². The van der Waals surface area contributed by atoms with E-state index < -0.39 is 0 Å². The first-order valence-electron chi connectivity index (χ1n) is 4.70. The molecule has 0 aromatic rings. The van der Waals surface area contributed by atoms with Gasteiger partial charge in [0.15, 0.2) is 0 Å². The van der Waals surface area contributed by atoms with Gasteiger partial charge >= 0.3 is 0 Å². The van der Waals surface area contributed by atoms with Crippen LogP contribution >= 0.6 is 11.8 Å². The van der Waals surface area contributed by atoms with Gasteiger partial charge in [0.2, 0.25) is 0 Å². The summed E-state index contributed by atoms with van der Waals surface area (Å²) in [4.78, 5) is 0. The van der Waals surface area contributed by atoms with Crippen molar-refractivity contribution in [2.24, 2.45) is 5.41 Å². The van der Waals surface area contributed by atoms with Crippen LogP contribution in [0, 0.1) is 5.41 Å². The quantitative estimate of drug-likeness (QED) is 0.549.